The van der Waals surface area contributed by atoms with Crippen LogP contribution in [0.2, 0.25) is 0 Å². The molecule has 0 radical (unpaired) electrons. The first-order chi connectivity index (χ1) is 11.4. The molecule has 1 aliphatic carbocycles. The fourth-order valence-electron chi connectivity index (χ4n) is 3.55. The van der Waals surface area contributed by atoms with Crippen molar-refractivity contribution in [2.75, 3.05) is 19.3 Å². The number of thioether (sulfide) groups is 1. The number of hydrogen-bond donors (Lipinski definition) is 1. The van der Waals surface area contributed by atoms with Gasteiger partial charge in [0.25, 0.3) is 11.6 Å². The quantitative estimate of drug-likeness (QED) is 0.509. The van der Waals surface area contributed by atoms with Crippen molar-refractivity contribution in [2.45, 2.75) is 24.2 Å². The lowest BCUT2D eigenvalue weighted by Gasteiger charge is -2.32. The lowest BCUT2D eigenvalue weighted by Crippen LogP contribution is -2.40. The molecule has 1 saturated heterocycles. The van der Waals surface area contributed by atoms with E-state index in [2.05, 4.69) is 0 Å². The van der Waals surface area contributed by atoms with Crippen LogP contribution in [-0.4, -0.2) is 46.2 Å². The highest BCUT2D eigenvalue weighted by atomic mass is 32.2. The van der Waals surface area contributed by atoms with Crippen molar-refractivity contribution in [1.82, 2.24) is 4.90 Å². The van der Waals surface area contributed by atoms with Crippen LogP contribution in [-0.2, 0) is 4.79 Å². The van der Waals surface area contributed by atoms with E-state index in [-0.39, 0.29) is 22.9 Å². The van der Waals surface area contributed by atoms with Gasteiger partial charge in [-0.15, -0.1) is 11.8 Å². The monoisotopic (exact) mass is 350 g/mol. The van der Waals surface area contributed by atoms with E-state index in [4.69, 9.17) is 5.11 Å². The zero-order chi connectivity index (χ0) is 17.5. The van der Waals surface area contributed by atoms with Crippen molar-refractivity contribution in [1.29, 1.82) is 0 Å². The van der Waals surface area contributed by atoms with Crippen LogP contribution in [0, 0.1) is 21.4 Å². The number of nitrogens with zero attached hydrogens (tertiary/aromatic N) is 2. The molecule has 1 spiro atoms. The number of aliphatic carboxylic acids is 1. The number of nitro groups is 1. The summed E-state index contributed by atoms with van der Waals surface area (Å²) in [5.74, 6) is -1.26. The van der Waals surface area contributed by atoms with E-state index < -0.39 is 10.9 Å². The molecule has 0 bridgehead atoms. The first-order valence-corrected chi connectivity index (χ1v) is 8.95. The van der Waals surface area contributed by atoms with Gasteiger partial charge in [0.05, 0.1) is 15.7 Å². The van der Waals surface area contributed by atoms with E-state index >= 15 is 0 Å². The molecule has 1 unspecified atom stereocenters. The molecule has 1 amide bonds. The summed E-state index contributed by atoms with van der Waals surface area (Å²) >= 11 is 1.27. The Hall–Kier alpha value is -2.09. The Morgan fingerprint density at radius 2 is 2.04 bits per heavy atom. The Bertz CT molecular complexity index is 712. The molecule has 128 valence electrons. The third-order valence-electron chi connectivity index (χ3n) is 5.16. The first kappa shape index (κ1) is 16.8. The van der Waals surface area contributed by atoms with Gasteiger partial charge in [0, 0.05) is 24.7 Å². The molecule has 0 aromatic heterocycles. The zero-order valence-electron chi connectivity index (χ0n) is 13.2. The molecule has 24 heavy (non-hydrogen) atoms. The SMILES string of the molecule is CSc1ccc(C(=O)N2CCC3(CC2)CC3C(=O)O)cc1[N+](=O)[O-]. The Kier molecular flexibility index (Phi) is 4.25. The van der Waals surface area contributed by atoms with Crippen molar-refractivity contribution in [3.63, 3.8) is 0 Å². The van der Waals surface area contributed by atoms with Gasteiger partial charge in [-0.2, -0.15) is 0 Å². The molecule has 1 aliphatic heterocycles. The lowest BCUT2D eigenvalue weighted by atomic mass is 9.90. The van der Waals surface area contributed by atoms with Gasteiger partial charge in [0.1, 0.15) is 0 Å². The number of hydrogen-bond acceptors (Lipinski definition) is 5. The van der Waals surface area contributed by atoms with Gasteiger partial charge >= 0.3 is 5.97 Å². The van der Waals surface area contributed by atoms with Crippen LogP contribution in [0.4, 0.5) is 5.69 Å². The van der Waals surface area contributed by atoms with Gasteiger partial charge < -0.3 is 10.0 Å². The fraction of sp³-hybridized carbons (Fsp3) is 0.500. The number of piperidine rings is 1. The minimum Gasteiger partial charge on any atom is -0.481 e. The highest BCUT2D eigenvalue weighted by Crippen LogP contribution is 2.59. The maximum atomic E-state index is 12.6. The highest BCUT2D eigenvalue weighted by molar-refractivity contribution is 7.98. The Morgan fingerprint density at radius 3 is 2.54 bits per heavy atom. The van der Waals surface area contributed by atoms with Crippen molar-refractivity contribution >= 4 is 29.3 Å². The largest absolute Gasteiger partial charge is 0.481 e. The number of rotatable bonds is 4. The van der Waals surface area contributed by atoms with Crippen LogP contribution in [0.5, 0.6) is 0 Å². The second kappa shape index (κ2) is 6.08. The fourth-order valence-corrected chi connectivity index (χ4v) is 4.10. The van der Waals surface area contributed by atoms with E-state index in [1.807, 2.05) is 0 Å². The van der Waals surface area contributed by atoms with Gasteiger partial charge in [-0.05, 0) is 43.1 Å². The number of benzene rings is 1. The van der Waals surface area contributed by atoms with E-state index in [9.17, 15) is 19.7 Å². The lowest BCUT2D eigenvalue weighted by molar-refractivity contribution is -0.387. The molecule has 7 nitrogen and oxygen atoms in total. The van der Waals surface area contributed by atoms with Crippen molar-refractivity contribution in [3.05, 3.63) is 33.9 Å². The minimum atomic E-state index is -0.752. The second-order valence-electron chi connectivity index (χ2n) is 6.39. The molecule has 1 aromatic rings. The molecule has 1 aromatic carbocycles. The standard InChI is InChI=1S/C16H18N2O5S/c1-24-13-3-2-10(8-12(13)18(22)23)14(19)17-6-4-16(5-7-17)9-11(16)15(20)21/h2-3,8,11H,4-7,9H2,1H3,(H,20,21). The first-order valence-electron chi connectivity index (χ1n) is 7.72. The molecule has 1 N–H and O–H groups in total. The molecule has 1 heterocycles. The number of carbonyl (C=O) groups excluding carboxylic acids is 1. The summed E-state index contributed by atoms with van der Waals surface area (Å²) in [5.41, 5.74) is 0.105. The summed E-state index contributed by atoms with van der Waals surface area (Å²) in [4.78, 5) is 36.5. The minimum absolute atomic E-state index is 0.0602. The van der Waals surface area contributed by atoms with Crippen LogP contribution >= 0.6 is 11.8 Å². The van der Waals surface area contributed by atoms with E-state index in [0.717, 1.165) is 0 Å². The molecule has 2 fully saturated rings. The zero-order valence-corrected chi connectivity index (χ0v) is 14.0. The maximum Gasteiger partial charge on any atom is 0.307 e. The highest BCUT2D eigenvalue weighted by Gasteiger charge is 2.59. The average molecular weight is 350 g/mol. The van der Waals surface area contributed by atoms with Crippen molar-refractivity contribution in [3.8, 4) is 0 Å². The van der Waals surface area contributed by atoms with E-state index in [0.29, 0.717) is 42.8 Å². The van der Waals surface area contributed by atoms with Crippen LogP contribution < -0.4 is 0 Å². The number of nitro benzene ring substituents is 1. The number of carboxylic acid groups (broad SMARTS) is 1. The Morgan fingerprint density at radius 1 is 1.38 bits per heavy atom. The van der Waals surface area contributed by atoms with Crippen LogP contribution in [0.3, 0.4) is 0 Å². The van der Waals surface area contributed by atoms with Gasteiger partial charge in [-0.25, -0.2) is 0 Å². The van der Waals surface area contributed by atoms with Crippen LogP contribution in [0.25, 0.3) is 0 Å². The van der Waals surface area contributed by atoms with Gasteiger partial charge in [-0.3, -0.25) is 19.7 Å². The molecule has 1 atom stereocenters. The van der Waals surface area contributed by atoms with Crippen LogP contribution in [0.15, 0.2) is 23.1 Å². The third kappa shape index (κ3) is 2.86. The predicted octanol–water partition coefficient (Wildman–Crippen LogP) is 2.64. The van der Waals surface area contributed by atoms with Gasteiger partial charge in [-0.1, -0.05) is 0 Å². The summed E-state index contributed by atoms with van der Waals surface area (Å²) < 4.78 is 0. The van der Waals surface area contributed by atoms with Gasteiger partial charge in [0.2, 0.25) is 0 Å². The average Bonchev–Trinajstić information content (AvgIpc) is 3.28. The van der Waals surface area contributed by atoms with Crippen molar-refractivity contribution < 1.29 is 19.6 Å². The Labute approximate surface area is 143 Å². The normalized spacial score (nSPS) is 21.5. The van der Waals surface area contributed by atoms with Crippen LogP contribution in [0.1, 0.15) is 29.6 Å². The number of carboxylic acids is 1. The molecule has 8 heteroatoms. The summed E-state index contributed by atoms with van der Waals surface area (Å²) in [6.45, 7) is 1.00. The third-order valence-corrected chi connectivity index (χ3v) is 5.94. The smallest absolute Gasteiger partial charge is 0.307 e. The molecule has 1 saturated carbocycles. The molecule has 3 rings (SSSR count). The summed E-state index contributed by atoms with van der Waals surface area (Å²) in [5, 5.41) is 20.2. The van der Waals surface area contributed by atoms with Gasteiger partial charge in [0.15, 0.2) is 0 Å². The summed E-state index contributed by atoms with van der Waals surface area (Å²) in [6, 6.07) is 4.54. The topological polar surface area (TPSA) is 101 Å². The number of likely N-dealkylation sites (tertiary alicyclic amines) is 1. The maximum absolute atomic E-state index is 12.6. The Balaban J connectivity index is 1.71. The summed E-state index contributed by atoms with van der Waals surface area (Å²) in [6.07, 6.45) is 3.81. The summed E-state index contributed by atoms with van der Waals surface area (Å²) in [7, 11) is 0. The number of amides is 1. The molecular weight excluding hydrogens is 332 g/mol. The van der Waals surface area contributed by atoms with Crippen molar-refractivity contribution in [2.24, 2.45) is 11.3 Å². The molecule has 2 aliphatic rings. The number of carbonyl (C=O) groups is 2. The second-order valence-corrected chi connectivity index (χ2v) is 7.24. The molecular formula is C16H18N2O5S. The van der Waals surface area contributed by atoms with E-state index in [1.165, 1.54) is 17.8 Å². The predicted molar refractivity (Wildman–Crippen MR) is 88.2 cm³/mol. The van der Waals surface area contributed by atoms with E-state index in [1.54, 1.807) is 23.3 Å².